The van der Waals surface area contributed by atoms with Gasteiger partial charge in [0.2, 0.25) is 0 Å². The number of carbonyl (C=O) groups is 1. The second kappa shape index (κ2) is 6.64. The highest BCUT2D eigenvalue weighted by atomic mass is 35.5. The van der Waals surface area contributed by atoms with Crippen LogP contribution < -0.4 is 16.0 Å². The lowest BCUT2D eigenvalue weighted by atomic mass is 10.2. The minimum atomic E-state index is -3.73. The van der Waals surface area contributed by atoms with Gasteiger partial charge in [-0.2, -0.15) is 4.83 Å². The molecular weight excluding hydrogens is 349 g/mol. The monoisotopic (exact) mass is 359 g/mol. The van der Waals surface area contributed by atoms with Gasteiger partial charge in [0.1, 0.15) is 0 Å². The van der Waals surface area contributed by atoms with Crippen LogP contribution in [0.15, 0.2) is 47.4 Å². The molecular formula is C13H11Cl2N3O3S. The molecule has 0 radical (unpaired) electrons. The maximum atomic E-state index is 12.1. The van der Waals surface area contributed by atoms with E-state index in [2.05, 4.69) is 5.32 Å². The summed E-state index contributed by atoms with van der Waals surface area (Å²) in [6.07, 6.45) is 0. The van der Waals surface area contributed by atoms with Gasteiger partial charge in [0.25, 0.3) is 15.9 Å². The molecule has 116 valence electrons. The average Bonchev–Trinajstić information content (AvgIpc) is 2.50. The van der Waals surface area contributed by atoms with E-state index in [1.165, 1.54) is 36.4 Å². The van der Waals surface area contributed by atoms with Crippen LogP contribution in [0.4, 0.5) is 5.69 Å². The number of hydrazine groups is 1. The summed E-state index contributed by atoms with van der Waals surface area (Å²) < 4.78 is 23.0. The van der Waals surface area contributed by atoms with Crippen LogP contribution in [-0.4, -0.2) is 14.3 Å². The lowest BCUT2D eigenvalue weighted by Gasteiger charge is -2.08. The molecule has 0 bridgehead atoms. The summed E-state index contributed by atoms with van der Waals surface area (Å²) in [5.74, 6) is 4.47. The van der Waals surface area contributed by atoms with Gasteiger partial charge in [-0.25, -0.2) is 8.42 Å². The van der Waals surface area contributed by atoms with Crippen molar-refractivity contribution >= 4 is 44.8 Å². The number of nitrogens with one attached hydrogen (secondary N) is 2. The predicted molar refractivity (Wildman–Crippen MR) is 85.4 cm³/mol. The standard InChI is InChI=1S/C13H11Cl2N3O3S/c14-8-1-6-12(15)11(7-8)13(19)17-9-2-4-10(5-3-9)22(20,21)18-16/h1-7,18H,16H2,(H,17,19). The van der Waals surface area contributed by atoms with Gasteiger partial charge < -0.3 is 5.32 Å². The summed E-state index contributed by atoms with van der Waals surface area (Å²) in [5.41, 5.74) is 0.617. The van der Waals surface area contributed by atoms with E-state index in [0.29, 0.717) is 10.7 Å². The summed E-state index contributed by atoms with van der Waals surface area (Å²) in [7, 11) is -3.73. The molecule has 2 aromatic rings. The number of benzene rings is 2. The van der Waals surface area contributed by atoms with E-state index in [1.54, 1.807) is 10.9 Å². The number of nitrogens with two attached hydrogens (primary N) is 1. The predicted octanol–water partition coefficient (Wildman–Crippen LogP) is 2.40. The third-order valence-electron chi connectivity index (χ3n) is 2.75. The number of carbonyl (C=O) groups excluding carboxylic acids is 1. The van der Waals surface area contributed by atoms with Crippen LogP contribution in [0, 0.1) is 0 Å². The zero-order chi connectivity index (χ0) is 16.3. The van der Waals surface area contributed by atoms with Gasteiger partial charge >= 0.3 is 0 Å². The lowest BCUT2D eigenvalue weighted by molar-refractivity contribution is 0.102. The zero-order valence-electron chi connectivity index (χ0n) is 11.0. The summed E-state index contributed by atoms with van der Waals surface area (Å²) in [4.78, 5) is 13.8. The van der Waals surface area contributed by atoms with Crippen molar-refractivity contribution in [3.8, 4) is 0 Å². The van der Waals surface area contributed by atoms with Crippen molar-refractivity contribution < 1.29 is 13.2 Å². The van der Waals surface area contributed by atoms with Crippen molar-refractivity contribution in [2.45, 2.75) is 4.90 Å². The van der Waals surface area contributed by atoms with Crippen molar-refractivity contribution in [3.05, 3.63) is 58.1 Å². The molecule has 22 heavy (non-hydrogen) atoms. The van der Waals surface area contributed by atoms with Crippen molar-refractivity contribution in [1.29, 1.82) is 0 Å². The highest BCUT2D eigenvalue weighted by Gasteiger charge is 2.13. The maximum Gasteiger partial charge on any atom is 0.257 e. The molecule has 0 fully saturated rings. The summed E-state index contributed by atoms with van der Waals surface area (Å²) >= 11 is 11.8. The second-order valence-corrected chi connectivity index (χ2v) is 6.78. The van der Waals surface area contributed by atoms with Gasteiger partial charge in [0, 0.05) is 10.7 Å². The number of hydrogen-bond acceptors (Lipinski definition) is 4. The first kappa shape index (κ1) is 16.7. The van der Waals surface area contributed by atoms with Crippen LogP contribution in [0.1, 0.15) is 10.4 Å². The third-order valence-corrected chi connectivity index (χ3v) is 4.52. The fourth-order valence-corrected chi connectivity index (χ4v) is 2.66. The molecule has 0 spiro atoms. The molecule has 0 aliphatic heterocycles. The van der Waals surface area contributed by atoms with E-state index in [4.69, 9.17) is 29.0 Å². The highest BCUT2D eigenvalue weighted by Crippen LogP contribution is 2.22. The Labute approximate surface area is 137 Å². The van der Waals surface area contributed by atoms with Gasteiger partial charge in [-0.05, 0) is 42.5 Å². The van der Waals surface area contributed by atoms with Crippen LogP contribution in [-0.2, 0) is 10.0 Å². The molecule has 0 saturated carbocycles. The number of anilines is 1. The molecule has 0 aliphatic rings. The minimum Gasteiger partial charge on any atom is -0.322 e. The molecule has 6 nitrogen and oxygen atoms in total. The maximum absolute atomic E-state index is 12.1. The van der Waals surface area contributed by atoms with Gasteiger partial charge in [-0.3, -0.25) is 10.6 Å². The molecule has 4 N–H and O–H groups in total. The van der Waals surface area contributed by atoms with Crippen LogP contribution in [0.2, 0.25) is 10.0 Å². The van der Waals surface area contributed by atoms with Crippen molar-refractivity contribution in [2.75, 3.05) is 5.32 Å². The Morgan fingerprint density at radius 3 is 2.27 bits per heavy atom. The van der Waals surface area contributed by atoms with Crippen LogP contribution in [0.5, 0.6) is 0 Å². The summed E-state index contributed by atoms with van der Waals surface area (Å²) in [6.45, 7) is 0. The minimum absolute atomic E-state index is 0.0196. The average molecular weight is 360 g/mol. The van der Waals surface area contributed by atoms with E-state index >= 15 is 0 Å². The molecule has 2 rings (SSSR count). The largest absolute Gasteiger partial charge is 0.322 e. The van der Waals surface area contributed by atoms with Crippen molar-refractivity contribution in [2.24, 2.45) is 5.84 Å². The van der Waals surface area contributed by atoms with Gasteiger partial charge in [0.05, 0.1) is 15.5 Å². The Kier molecular flexibility index (Phi) is 5.05. The Hall–Kier alpha value is -1.64. The Balaban J connectivity index is 2.21. The molecule has 0 heterocycles. The smallest absolute Gasteiger partial charge is 0.257 e. The van der Waals surface area contributed by atoms with E-state index in [1.807, 2.05) is 0 Å². The van der Waals surface area contributed by atoms with Crippen LogP contribution in [0.3, 0.4) is 0 Å². The van der Waals surface area contributed by atoms with Crippen molar-refractivity contribution in [3.63, 3.8) is 0 Å². The fraction of sp³-hybridized carbons (Fsp3) is 0. The quantitative estimate of drug-likeness (QED) is 0.576. The molecule has 9 heteroatoms. The number of amides is 1. The van der Waals surface area contributed by atoms with E-state index in [9.17, 15) is 13.2 Å². The first-order valence-electron chi connectivity index (χ1n) is 5.92. The third kappa shape index (κ3) is 3.76. The molecule has 0 aliphatic carbocycles. The molecule has 0 unspecified atom stereocenters. The molecule has 0 atom stereocenters. The normalized spacial score (nSPS) is 11.2. The Bertz CT molecular complexity index is 808. The molecule has 1 amide bonds. The number of halogens is 2. The van der Waals surface area contributed by atoms with Crippen LogP contribution in [0.25, 0.3) is 0 Å². The Morgan fingerprint density at radius 2 is 1.68 bits per heavy atom. The SMILES string of the molecule is NNS(=O)(=O)c1ccc(NC(=O)c2cc(Cl)ccc2Cl)cc1. The number of sulfonamides is 1. The molecule has 0 aromatic heterocycles. The first-order chi connectivity index (χ1) is 10.3. The van der Waals surface area contributed by atoms with E-state index < -0.39 is 15.9 Å². The number of rotatable bonds is 4. The highest BCUT2D eigenvalue weighted by molar-refractivity contribution is 7.89. The first-order valence-corrected chi connectivity index (χ1v) is 8.16. The van der Waals surface area contributed by atoms with Gasteiger partial charge in [-0.15, -0.1) is 0 Å². The van der Waals surface area contributed by atoms with Gasteiger partial charge in [-0.1, -0.05) is 23.2 Å². The van der Waals surface area contributed by atoms with Crippen molar-refractivity contribution in [1.82, 2.24) is 4.83 Å². The fourth-order valence-electron chi connectivity index (χ4n) is 1.66. The Morgan fingerprint density at radius 1 is 1.05 bits per heavy atom. The second-order valence-electron chi connectivity index (χ2n) is 4.22. The van der Waals surface area contributed by atoms with E-state index in [0.717, 1.165) is 0 Å². The van der Waals surface area contributed by atoms with Crippen LogP contribution >= 0.6 is 23.2 Å². The van der Waals surface area contributed by atoms with E-state index in [-0.39, 0.29) is 15.5 Å². The van der Waals surface area contributed by atoms with Gasteiger partial charge in [0.15, 0.2) is 0 Å². The molecule has 2 aromatic carbocycles. The molecule has 0 saturated heterocycles. The number of hydrogen-bond donors (Lipinski definition) is 3. The summed E-state index contributed by atoms with van der Waals surface area (Å²) in [6, 6.07) is 10.0. The zero-order valence-corrected chi connectivity index (χ0v) is 13.3. The summed E-state index contributed by atoms with van der Waals surface area (Å²) in [5, 5.41) is 3.23. The lowest BCUT2D eigenvalue weighted by Crippen LogP contribution is -2.30. The topological polar surface area (TPSA) is 101 Å².